The van der Waals surface area contributed by atoms with Gasteiger partial charge in [-0.25, -0.2) is 8.42 Å². The van der Waals surface area contributed by atoms with E-state index >= 15 is 0 Å². The molecule has 0 aliphatic heterocycles. The fraction of sp³-hybridized carbons (Fsp3) is 0.556. The number of hydrogen-bond acceptors (Lipinski definition) is 4. The molecule has 0 aliphatic rings. The lowest BCUT2D eigenvalue weighted by atomic mass is 10.3. The zero-order valence-electron chi connectivity index (χ0n) is 9.10. The van der Waals surface area contributed by atoms with Crippen LogP contribution in [0.25, 0.3) is 0 Å². The van der Waals surface area contributed by atoms with E-state index in [1.807, 2.05) is 13.8 Å². The van der Waals surface area contributed by atoms with Crippen LogP contribution < -0.4 is 5.73 Å². The lowest BCUT2D eigenvalue weighted by molar-refractivity contribution is 0.381. The Hall–Kier alpha value is -0.590. The van der Waals surface area contributed by atoms with Gasteiger partial charge in [-0.3, -0.25) is 0 Å². The minimum Gasteiger partial charge on any atom is -0.398 e. The van der Waals surface area contributed by atoms with Crippen molar-refractivity contribution in [2.75, 3.05) is 12.8 Å². The van der Waals surface area contributed by atoms with Crippen LogP contribution in [0.1, 0.15) is 20.3 Å². The molecule has 0 fully saturated rings. The van der Waals surface area contributed by atoms with Crippen molar-refractivity contribution in [3.8, 4) is 0 Å². The Kier molecular flexibility index (Phi) is 3.75. The SMILES string of the molecule is CCC(C)N(C)S(=O)(=O)c1cc(N)cs1. The molecule has 15 heavy (non-hydrogen) atoms. The molecule has 1 heterocycles. The summed E-state index contributed by atoms with van der Waals surface area (Å²) in [7, 11) is -1.76. The molecule has 0 aliphatic carbocycles. The van der Waals surface area contributed by atoms with Crippen LogP contribution in [0.3, 0.4) is 0 Å². The highest BCUT2D eigenvalue weighted by molar-refractivity contribution is 7.91. The Morgan fingerprint density at radius 3 is 2.60 bits per heavy atom. The highest BCUT2D eigenvalue weighted by Gasteiger charge is 2.25. The molecule has 1 rings (SSSR count). The summed E-state index contributed by atoms with van der Waals surface area (Å²) < 4.78 is 25.7. The third-order valence-corrected chi connectivity index (χ3v) is 5.85. The second-order valence-corrected chi connectivity index (χ2v) is 6.61. The van der Waals surface area contributed by atoms with E-state index in [1.165, 1.54) is 10.4 Å². The lowest BCUT2D eigenvalue weighted by Crippen LogP contribution is -2.34. The van der Waals surface area contributed by atoms with Crippen LogP contribution in [0.5, 0.6) is 0 Å². The Bertz CT molecular complexity index is 425. The van der Waals surface area contributed by atoms with Crippen LogP contribution in [0.2, 0.25) is 0 Å². The standard InChI is InChI=1S/C9H16N2O2S2/c1-4-7(2)11(3)15(12,13)9-5-8(10)6-14-9/h5-7H,4,10H2,1-3H3. The van der Waals surface area contributed by atoms with Gasteiger partial charge in [0.05, 0.1) is 0 Å². The summed E-state index contributed by atoms with van der Waals surface area (Å²) in [5, 5.41) is 1.64. The van der Waals surface area contributed by atoms with Gasteiger partial charge in [0.25, 0.3) is 10.0 Å². The molecule has 1 unspecified atom stereocenters. The fourth-order valence-electron chi connectivity index (χ4n) is 1.10. The summed E-state index contributed by atoms with van der Waals surface area (Å²) in [6, 6.07) is 1.50. The van der Waals surface area contributed by atoms with Gasteiger partial charge in [0.1, 0.15) is 4.21 Å². The topological polar surface area (TPSA) is 63.4 Å². The molecule has 0 bridgehead atoms. The van der Waals surface area contributed by atoms with Crippen LogP contribution in [-0.4, -0.2) is 25.8 Å². The fourth-order valence-corrected chi connectivity index (χ4v) is 3.80. The van der Waals surface area contributed by atoms with E-state index in [-0.39, 0.29) is 6.04 Å². The molecule has 0 amide bonds. The summed E-state index contributed by atoms with van der Waals surface area (Å²) in [6.45, 7) is 3.84. The van der Waals surface area contributed by atoms with Crippen LogP contribution >= 0.6 is 11.3 Å². The number of anilines is 1. The number of hydrogen-bond donors (Lipinski definition) is 1. The van der Waals surface area contributed by atoms with Gasteiger partial charge in [0, 0.05) is 24.2 Å². The molecule has 86 valence electrons. The number of nitrogens with zero attached hydrogens (tertiary/aromatic N) is 1. The van der Waals surface area contributed by atoms with Crippen LogP contribution in [-0.2, 0) is 10.0 Å². The Labute approximate surface area is 94.8 Å². The van der Waals surface area contributed by atoms with Crippen molar-refractivity contribution in [2.24, 2.45) is 0 Å². The number of sulfonamides is 1. The first-order chi connectivity index (χ1) is 6.89. The molecule has 0 spiro atoms. The first-order valence-electron chi connectivity index (χ1n) is 4.71. The molecular weight excluding hydrogens is 232 g/mol. The molecular formula is C9H16N2O2S2. The number of nitrogen functional groups attached to an aromatic ring is 1. The van der Waals surface area contributed by atoms with E-state index < -0.39 is 10.0 Å². The van der Waals surface area contributed by atoms with Crippen molar-refractivity contribution in [2.45, 2.75) is 30.5 Å². The molecule has 0 saturated carbocycles. The smallest absolute Gasteiger partial charge is 0.252 e. The van der Waals surface area contributed by atoms with Crippen molar-refractivity contribution < 1.29 is 8.42 Å². The van der Waals surface area contributed by atoms with Crippen molar-refractivity contribution in [1.29, 1.82) is 0 Å². The van der Waals surface area contributed by atoms with E-state index in [1.54, 1.807) is 12.4 Å². The maximum atomic E-state index is 12.0. The predicted octanol–water partition coefficient (Wildman–Crippen LogP) is 1.75. The van der Waals surface area contributed by atoms with Crippen LogP contribution in [0, 0.1) is 0 Å². The zero-order chi connectivity index (χ0) is 11.6. The molecule has 0 saturated heterocycles. The molecule has 2 N–H and O–H groups in total. The normalized spacial score (nSPS) is 14.4. The largest absolute Gasteiger partial charge is 0.398 e. The van der Waals surface area contributed by atoms with Gasteiger partial charge < -0.3 is 5.73 Å². The van der Waals surface area contributed by atoms with Crippen molar-refractivity contribution in [3.05, 3.63) is 11.4 Å². The van der Waals surface area contributed by atoms with Crippen molar-refractivity contribution in [3.63, 3.8) is 0 Å². The van der Waals surface area contributed by atoms with Crippen LogP contribution in [0.15, 0.2) is 15.7 Å². The van der Waals surface area contributed by atoms with Gasteiger partial charge >= 0.3 is 0 Å². The lowest BCUT2D eigenvalue weighted by Gasteiger charge is -2.22. The molecule has 6 heteroatoms. The quantitative estimate of drug-likeness (QED) is 0.883. The highest BCUT2D eigenvalue weighted by atomic mass is 32.2. The Balaban J connectivity index is 3.03. The summed E-state index contributed by atoms with van der Waals surface area (Å²) in [5.74, 6) is 0. The highest BCUT2D eigenvalue weighted by Crippen LogP contribution is 2.25. The van der Waals surface area contributed by atoms with E-state index in [0.29, 0.717) is 9.90 Å². The van der Waals surface area contributed by atoms with Crippen molar-refractivity contribution in [1.82, 2.24) is 4.31 Å². The van der Waals surface area contributed by atoms with E-state index in [4.69, 9.17) is 5.73 Å². The Morgan fingerprint density at radius 1 is 1.60 bits per heavy atom. The first-order valence-corrected chi connectivity index (χ1v) is 7.03. The summed E-state index contributed by atoms with van der Waals surface area (Å²) in [4.78, 5) is 0. The third-order valence-electron chi connectivity index (χ3n) is 2.44. The maximum absolute atomic E-state index is 12.0. The average Bonchev–Trinajstić information content (AvgIpc) is 2.63. The summed E-state index contributed by atoms with van der Waals surface area (Å²) in [5.41, 5.74) is 6.01. The average molecular weight is 248 g/mol. The predicted molar refractivity (Wildman–Crippen MR) is 63.4 cm³/mol. The molecule has 1 aromatic rings. The number of nitrogens with two attached hydrogens (primary N) is 1. The minimum atomic E-state index is -3.36. The van der Waals surface area contributed by atoms with Gasteiger partial charge in [-0.05, 0) is 19.4 Å². The van der Waals surface area contributed by atoms with E-state index in [0.717, 1.165) is 17.8 Å². The minimum absolute atomic E-state index is 0.00155. The summed E-state index contributed by atoms with van der Waals surface area (Å²) in [6.07, 6.45) is 0.788. The molecule has 1 atom stereocenters. The molecule has 4 nitrogen and oxygen atoms in total. The maximum Gasteiger partial charge on any atom is 0.252 e. The van der Waals surface area contributed by atoms with Gasteiger partial charge in [0.2, 0.25) is 0 Å². The third kappa shape index (κ3) is 2.50. The first kappa shape index (κ1) is 12.5. The van der Waals surface area contributed by atoms with Crippen LogP contribution in [0.4, 0.5) is 5.69 Å². The van der Waals surface area contributed by atoms with Gasteiger partial charge in [-0.2, -0.15) is 4.31 Å². The number of rotatable bonds is 4. The van der Waals surface area contributed by atoms with Crippen molar-refractivity contribution >= 4 is 27.0 Å². The molecule has 1 aromatic heterocycles. The second-order valence-electron chi connectivity index (χ2n) is 3.48. The summed E-state index contributed by atoms with van der Waals surface area (Å²) >= 11 is 1.16. The van der Waals surface area contributed by atoms with Gasteiger partial charge in [0.15, 0.2) is 0 Å². The van der Waals surface area contributed by atoms with E-state index in [2.05, 4.69) is 0 Å². The van der Waals surface area contributed by atoms with Gasteiger partial charge in [-0.15, -0.1) is 11.3 Å². The zero-order valence-corrected chi connectivity index (χ0v) is 10.7. The molecule has 0 aromatic carbocycles. The molecule has 0 radical (unpaired) electrons. The van der Waals surface area contributed by atoms with Gasteiger partial charge in [-0.1, -0.05) is 6.92 Å². The number of thiophene rings is 1. The second kappa shape index (κ2) is 4.51. The Morgan fingerprint density at radius 2 is 2.20 bits per heavy atom. The monoisotopic (exact) mass is 248 g/mol. The van der Waals surface area contributed by atoms with E-state index in [9.17, 15) is 8.42 Å².